The number of hydrogen-bond donors (Lipinski definition) is 0. The maximum absolute atomic E-state index is 12.8. The van der Waals surface area contributed by atoms with Crippen LogP contribution in [0.2, 0.25) is 0 Å². The molecule has 0 fully saturated rings. The number of rotatable bonds is 48. The maximum Gasteiger partial charge on any atom is 0.306 e. The number of unbranched alkanes of at least 4 members (excludes halogenated alkanes) is 22. The molecule has 0 aliphatic carbocycles. The molecule has 0 saturated carbocycles. The second-order valence-electron chi connectivity index (χ2n) is 18.9. The van der Waals surface area contributed by atoms with Gasteiger partial charge in [0.2, 0.25) is 0 Å². The number of ether oxygens (including phenoxy) is 2. The number of allylic oxidation sites excluding steroid dienone is 12. The predicted octanol–water partition coefficient (Wildman–Crippen LogP) is 15.5. The fourth-order valence-electron chi connectivity index (χ4n) is 7.13. The van der Waals surface area contributed by atoms with Crippen LogP contribution < -0.4 is 4.89 Å². The van der Waals surface area contributed by atoms with Crippen LogP contribution in [0.5, 0.6) is 0 Å². The van der Waals surface area contributed by atoms with Crippen molar-refractivity contribution in [2.45, 2.75) is 225 Å². The number of hydrogen-bond acceptors (Lipinski definition) is 8. The summed E-state index contributed by atoms with van der Waals surface area (Å²) < 4.78 is 34.0. The summed E-state index contributed by atoms with van der Waals surface area (Å²) in [7, 11) is 1.16. The third-order valence-corrected chi connectivity index (χ3v) is 12.2. The van der Waals surface area contributed by atoms with Crippen LogP contribution in [0.25, 0.3) is 0 Å². The van der Waals surface area contributed by atoms with Gasteiger partial charge < -0.3 is 27.9 Å². The van der Waals surface area contributed by atoms with Gasteiger partial charge in [0, 0.05) is 12.8 Å². The molecule has 0 heterocycles. The lowest BCUT2D eigenvalue weighted by Gasteiger charge is -2.28. The molecular weight excluding hydrogens is 846 g/mol. The largest absolute Gasteiger partial charge is 0.756 e. The molecule has 0 aromatic rings. The van der Waals surface area contributed by atoms with E-state index in [1.165, 1.54) is 103 Å². The normalized spacial score (nSPS) is 14.0. The Bertz CT molecular complexity index is 1350. The highest BCUT2D eigenvalue weighted by molar-refractivity contribution is 7.45. The molecule has 0 amide bonds. The molecule has 10 heteroatoms. The van der Waals surface area contributed by atoms with Crippen molar-refractivity contribution < 1.29 is 42.1 Å². The molecule has 2 unspecified atom stereocenters. The molecule has 2 atom stereocenters. The summed E-state index contributed by atoms with van der Waals surface area (Å²) >= 11 is 0. The minimum Gasteiger partial charge on any atom is -0.756 e. The van der Waals surface area contributed by atoms with Crippen LogP contribution >= 0.6 is 7.82 Å². The van der Waals surface area contributed by atoms with E-state index < -0.39 is 26.5 Å². The summed E-state index contributed by atoms with van der Waals surface area (Å²) in [4.78, 5) is 37.7. The molecule has 0 N–H and O–H groups in total. The van der Waals surface area contributed by atoms with Gasteiger partial charge in [-0.2, -0.15) is 0 Å². The zero-order valence-electron chi connectivity index (χ0n) is 43.1. The van der Waals surface area contributed by atoms with Gasteiger partial charge in [0.1, 0.15) is 19.8 Å². The van der Waals surface area contributed by atoms with Crippen molar-refractivity contribution >= 4 is 19.8 Å². The molecule has 0 aliphatic rings. The lowest BCUT2D eigenvalue weighted by atomic mass is 10.0. The van der Waals surface area contributed by atoms with Crippen LogP contribution in [0.4, 0.5) is 0 Å². The SMILES string of the molecule is CC/C=C\C/C=C\C/C=C\C/C=C\C/C=C\C/C=C\CCCCCCCCCCCCC(=O)OC(COC(=O)CCCCCCCCCCCCCCC)COP(=O)([O-])OCC[N+](C)(C)C. The van der Waals surface area contributed by atoms with E-state index in [0.29, 0.717) is 17.4 Å². The Labute approximate surface area is 406 Å². The van der Waals surface area contributed by atoms with Gasteiger partial charge in [-0.1, -0.05) is 215 Å². The number of nitrogens with zero attached hydrogens (tertiary/aromatic N) is 1. The van der Waals surface area contributed by atoms with Gasteiger partial charge in [-0.05, 0) is 64.2 Å². The van der Waals surface area contributed by atoms with Gasteiger partial charge in [0.25, 0.3) is 7.82 Å². The Kier molecular flexibility index (Phi) is 45.7. The maximum atomic E-state index is 12.8. The summed E-state index contributed by atoms with van der Waals surface area (Å²) in [5.41, 5.74) is 0. The molecular formula is C56H100NO8P. The molecule has 66 heavy (non-hydrogen) atoms. The Morgan fingerprint density at radius 3 is 1.29 bits per heavy atom. The second kappa shape index (κ2) is 47.5. The molecule has 9 nitrogen and oxygen atoms in total. The van der Waals surface area contributed by atoms with Crippen molar-refractivity contribution in [3.05, 3.63) is 72.9 Å². The van der Waals surface area contributed by atoms with Gasteiger partial charge in [0.15, 0.2) is 6.10 Å². The molecule has 0 radical (unpaired) electrons. The molecule has 0 spiro atoms. The van der Waals surface area contributed by atoms with Crippen molar-refractivity contribution in [1.29, 1.82) is 0 Å². The van der Waals surface area contributed by atoms with Crippen molar-refractivity contribution in [3.8, 4) is 0 Å². The second-order valence-corrected chi connectivity index (χ2v) is 20.3. The Morgan fingerprint density at radius 2 is 0.864 bits per heavy atom. The Morgan fingerprint density at radius 1 is 0.485 bits per heavy atom. The molecule has 0 aliphatic heterocycles. The van der Waals surface area contributed by atoms with Crippen molar-refractivity contribution in [3.63, 3.8) is 0 Å². The van der Waals surface area contributed by atoms with E-state index >= 15 is 0 Å². The third-order valence-electron chi connectivity index (χ3n) is 11.2. The van der Waals surface area contributed by atoms with E-state index in [1.807, 2.05) is 21.1 Å². The first kappa shape index (κ1) is 63.5. The van der Waals surface area contributed by atoms with Crippen LogP contribution in [-0.4, -0.2) is 70.0 Å². The standard InChI is InChI=1S/C56H100NO8P/c1-6-8-10-12-14-16-18-20-21-22-23-24-25-26-27-28-29-30-31-32-33-34-35-37-39-41-43-45-47-49-56(59)65-54(53-64-66(60,61)63-51-50-57(3,4)5)52-62-55(58)48-46-44-42-40-38-36-19-17-15-13-11-9-7-2/h8,10,14,16,20-21,23-24,26-27,29-30,54H,6-7,9,11-13,15,17-19,22,25,28,31-53H2,1-5H3/b10-8-,16-14-,21-20-,24-23-,27-26-,30-29-. The molecule has 0 saturated heterocycles. The molecule has 382 valence electrons. The van der Waals surface area contributed by atoms with Crippen LogP contribution in [0, 0.1) is 0 Å². The van der Waals surface area contributed by atoms with Crippen LogP contribution in [0.1, 0.15) is 219 Å². The van der Waals surface area contributed by atoms with Crippen LogP contribution in [-0.2, 0) is 32.7 Å². The number of likely N-dealkylation sites (N-methyl/N-ethyl adjacent to an activating group) is 1. The minimum absolute atomic E-state index is 0.0332. The fraction of sp³-hybridized carbons (Fsp3) is 0.750. The van der Waals surface area contributed by atoms with Crippen molar-refractivity contribution in [2.75, 3.05) is 47.5 Å². The van der Waals surface area contributed by atoms with Gasteiger partial charge >= 0.3 is 11.9 Å². The smallest absolute Gasteiger partial charge is 0.306 e. The van der Waals surface area contributed by atoms with Crippen LogP contribution in [0.15, 0.2) is 72.9 Å². The van der Waals surface area contributed by atoms with Crippen LogP contribution in [0.3, 0.4) is 0 Å². The van der Waals surface area contributed by atoms with Gasteiger partial charge in [-0.3, -0.25) is 14.2 Å². The fourth-order valence-corrected chi connectivity index (χ4v) is 7.86. The summed E-state index contributed by atoms with van der Waals surface area (Å²) in [5.74, 6) is -0.837. The van der Waals surface area contributed by atoms with Crippen molar-refractivity contribution in [2.24, 2.45) is 0 Å². The minimum atomic E-state index is -4.63. The van der Waals surface area contributed by atoms with Gasteiger partial charge in [-0.25, -0.2) is 0 Å². The number of carbonyl (C=O) groups is 2. The average molecular weight is 946 g/mol. The highest BCUT2D eigenvalue weighted by Gasteiger charge is 2.21. The van der Waals surface area contributed by atoms with E-state index in [9.17, 15) is 19.0 Å². The summed E-state index contributed by atoms with van der Waals surface area (Å²) in [6.07, 6.45) is 60.8. The number of carbonyl (C=O) groups excluding carboxylic acids is 2. The number of quaternary nitrogens is 1. The van der Waals surface area contributed by atoms with E-state index in [2.05, 4.69) is 86.8 Å². The topological polar surface area (TPSA) is 111 Å². The van der Waals surface area contributed by atoms with E-state index in [-0.39, 0.29) is 32.0 Å². The monoisotopic (exact) mass is 946 g/mol. The molecule has 0 aromatic heterocycles. The summed E-state index contributed by atoms with van der Waals surface area (Å²) in [6, 6.07) is 0. The summed E-state index contributed by atoms with van der Waals surface area (Å²) in [6.45, 7) is 4.12. The van der Waals surface area contributed by atoms with Gasteiger partial charge in [0.05, 0.1) is 27.7 Å². The lowest BCUT2D eigenvalue weighted by Crippen LogP contribution is -2.37. The number of phosphoric ester groups is 1. The zero-order chi connectivity index (χ0) is 48.5. The first-order valence-corrected chi connectivity index (χ1v) is 28.1. The number of esters is 2. The van der Waals surface area contributed by atoms with E-state index in [1.54, 1.807) is 0 Å². The quantitative estimate of drug-likeness (QED) is 0.0195. The molecule has 0 bridgehead atoms. The first-order valence-electron chi connectivity index (χ1n) is 26.6. The summed E-state index contributed by atoms with van der Waals surface area (Å²) in [5, 5.41) is 0. The highest BCUT2D eigenvalue weighted by atomic mass is 31.2. The lowest BCUT2D eigenvalue weighted by molar-refractivity contribution is -0.870. The highest BCUT2D eigenvalue weighted by Crippen LogP contribution is 2.38. The molecule has 0 aromatic carbocycles. The predicted molar refractivity (Wildman–Crippen MR) is 277 cm³/mol. The van der Waals surface area contributed by atoms with E-state index in [4.69, 9.17) is 18.5 Å². The third kappa shape index (κ3) is 50.9. The van der Waals surface area contributed by atoms with Crippen molar-refractivity contribution in [1.82, 2.24) is 0 Å². The Balaban J connectivity index is 4.17. The Hall–Kier alpha value is -2.55. The zero-order valence-corrected chi connectivity index (χ0v) is 44.0. The molecule has 0 rings (SSSR count). The average Bonchev–Trinajstić information content (AvgIpc) is 3.27. The number of phosphoric acid groups is 1. The first-order chi connectivity index (χ1) is 32.0. The van der Waals surface area contributed by atoms with E-state index in [0.717, 1.165) is 83.5 Å². The van der Waals surface area contributed by atoms with Gasteiger partial charge in [-0.15, -0.1) is 0 Å².